The van der Waals surface area contributed by atoms with Crippen molar-refractivity contribution in [3.8, 4) is 0 Å². The van der Waals surface area contributed by atoms with E-state index in [1.54, 1.807) is 0 Å². The lowest BCUT2D eigenvalue weighted by atomic mass is 9.99. The lowest BCUT2D eigenvalue weighted by molar-refractivity contribution is -0.170. The van der Waals surface area contributed by atoms with E-state index in [0.717, 1.165) is 28.3 Å². The van der Waals surface area contributed by atoms with Crippen molar-refractivity contribution in [1.29, 1.82) is 0 Å². The molecule has 0 fully saturated rings. The molecule has 0 spiro atoms. The number of imide groups is 1. The van der Waals surface area contributed by atoms with Gasteiger partial charge in [0.2, 0.25) is 6.29 Å². The van der Waals surface area contributed by atoms with E-state index in [0.29, 0.717) is 12.8 Å². The Hall–Kier alpha value is -3.31. The van der Waals surface area contributed by atoms with Gasteiger partial charge >= 0.3 is 17.8 Å². The second-order valence-corrected chi connectivity index (χ2v) is 6.42. The lowest BCUT2D eigenvalue weighted by Crippen LogP contribution is -2.36. The number of nitrogens with zero attached hydrogens (tertiary/aromatic N) is 5. The van der Waals surface area contributed by atoms with Gasteiger partial charge in [-0.2, -0.15) is 4.68 Å². The third-order valence-electron chi connectivity index (χ3n) is 4.09. The number of carbonyl (C=O) groups is 3. The number of nitrogens with one attached hydrogen (secondary N) is 1. The third kappa shape index (κ3) is 5.36. The standard InChI is InChI=1S/C17H24N6O6/c1-5-7-11(8-6-2)15(25)28-10(3)29-16(26)19-14(24)12-13-20-21-22(4)17(27)23(13)9-18-12/h9-11H,5-8H2,1-4H3,(H,19,24,26). The molecule has 0 saturated carbocycles. The van der Waals surface area contributed by atoms with Gasteiger partial charge in [-0.15, -0.1) is 5.10 Å². The molecule has 2 aromatic heterocycles. The maximum atomic E-state index is 12.2. The molecule has 0 aromatic carbocycles. The maximum Gasteiger partial charge on any atom is 0.417 e. The Morgan fingerprint density at radius 2 is 1.83 bits per heavy atom. The molecule has 2 rings (SSSR count). The van der Waals surface area contributed by atoms with Gasteiger partial charge in [0.1, 0.15) is 6.33 Å². The molecule has 0 aliphatic heterocycles. The fraction of sp³-hybridized carbons (Fsp3) is 0.588. The second kappa shape index (κ2) is 9.75. The van der Waals surface area contributed by atoms with E-state index in [-0.39, 0.29) is 17.3 Å². The molecule has 2 amide bonds. The van der Waals surface area contributed by atoms with Crippen molar-refractivity contribution in [3.63, 3.8) is 0 Å². The number of aryl methyl sites for hydroxylation is 1. The Morgan fingerprint density at radius 1 is 1.17 bits per heavy atom. The molecule has 2 heterocycles. The summed E-state index contributed by atoms with van der Waals surface area (Å²) in [6.45, 7) is 5.31. The van der Waals surface area contributed by atoms with Crippen molar-refractivity contribution in [2.45, 2.75) is 52.7 Å². The van der Waals surface area contributed by atoms with Gasteiger partial charge in [-0.1, -0.05) is 31.9 Å². The molecule has 2 aromatic rings. The number of esters is 1. The number of hydrogen-bond acceptors (Lipinski definition) is 9. The van der Waals surface area contributed by atoms with Crippen LogP contribution in [0.4, 0.5) is 4.79 Å². The monoisotopic (exact) mass is 408 g/mol. The fourth-order valence-corrected chi connectivity index (χ4v) is 2.73. The van der Waals surface area contributed by atoms with Crippen molar-refractivity contribution in [2.75, 3.05) is 0 Å². The Morgan fingerprint density at radius 3 is 2.45 bits per heavy atom. The van der Waals surface area contributed by atoms with Crippen LogP contribution in [0.3, 0.4) is 0 Å². The van der Waals surface area contributed by atoms with Gasteiger partial charge in [0.15, 0.2) is 11.3 Å². The highest BCUT2D eigenvalue weighted by atomic mass is 16.7. The molecule has 1 unspecified atom stereocenters. The van der Waals surface area contributed by atoms with E-state index >= 15 is 0 Å². The zero-order valence-corrected chi connectivity index (χ0v) is 16.7. The molecule has 0 saturated heterocycles. The summed E-state index contributed by atoms with van der Waals surface area (Å²) in [7, 11) is 1.39. The van der Waals surface area contributed by atoms with Crippen LogP contribution in [0.15, 0.2) is 11.1 Å². The minimum Gasteiger partial charge on any atom is -0.425 e. The number of carbonyl (C=O) groups excluding carboxylic acids is 3. The highest BCUT2D eigenvalue weighted by molar-refractivity contribution is 6.05. The van der Waals surface area contributed by atoms with Gasteiger partial charge in [-0.05, 0) is 12.8 Å². The molecule has 29 heavy (non-hydrogen) atoms. The molecule has 1 atom stereocenters. The van der Waals surface area contributed by atoms with Crippen LogP contribution in [0.5, 0.6) is 0 Å². The summed E-state index contributed by atoms with van der Waals surface area (Å²) >= 11 is 0. The molecule has 0 radical (unpaired) electrons. The number of rotatable bonds is 8. The van der Waals surface area contributed by atoms with Gasteiger partial charge < -0.3 is 9.47 Å². The number of alkyl carbamates (subject to hydrolysis) is 1. The molecular formula is C17H24N6O6. The van der Waals surface area contributed by atoms with Crippen LogP contribution in [0.1, 0.15) is 56.9 Å². The molecule has 0 bridgehead atoms. The lowest BCUT2D eigenvalue weighted by Gasteiger charge is -2.18. The first-order chi connectivity index (χ1) is 13.8. The molecule has 0 aliphatic carbocycles. The average molecular weight is 408 g/mol. The Labute approximate surface area is 166 Å². The van der Waals surface area contributed by atoms with Crippen LogP contribution < -0.4 is 11.0 Å². The summed E-state index contributed by atoms with van der Waals surface area (Å²) < 4.78 is 12.0. The van der Waals surface area contributed by atoms with Gasteiger partial charge in [0.05, 0.1) is 5.92 Å². The summed E-state index contributed by atoms with van der Waals surface area (Å²) in [6, 6.07) is 0. The van der Waals surface area contributed by atoms with Crippen molar-refractivity contribution in [3.05, 3.63) is 22.5 Å². The minimum atomic E-state index is -1.18. The summed E-state index contributed by atoms with van der Waals surface area (Å²) in [4.78, 5) is 52.0. The van der Waals surface area contributed by atoms with E-state index in [9.17, 15) is 19.2 Å². The van der Waals surface area contributed by atoms with Crippen LogP contribution in [0.2, 0.25) is 0 Å². The number of imidazole rings is 1. The van der Waals surface area contributed by atoms with Crippen LogP contribution >= 0.6 is 0 Å². The van der Waals surface area contributed by atoms with E-state index in [2.05, 4.69) is 15.3 Å². The number of hydrogen-bond donors (Lipinski definition) is 1. The number of aromatic nitrogens is 5. The topological polar surface area (TPSA) is 147 Å². The van der Waals surface area contributed by atoms with Crippen LogP contribution in [0.25, 0.3) is 5.65 Å². The normalized spacial score (nSPS) is 12.0. The quantitative estimate of drug-likeness (QED) is 0.494. The van der Waals surface area contributed by atoms with Crippen LogP contribution in [0, 0.1) is 5.92 Å². The largest absolute Gasteiger partial charge is 0.425 e. The highest BCUT2D eigenvalue weighted by Gasteiger charge is 2.24. The van der Waals surface area contributed by atoms with Gasteiger partial charge in [0, 0.05) is 14.0 Å². The number of amides is 2. The maximum absolute atomic E-state index is 12.2. The van der Waals surface area contributed by atoms with Crippen molar-refractivity contribution in [2.24, 2.45) is 13.0 Å². The highest BCUT2D eigenvalue weighted by Crippen LogP contribution is 2.16. The summed E-state index contributed by atoms with van der Waals surface area (Å²) in [5.41, 5.74) is -0.944. The summed E-state index contributed by atoms with van der Waals surface area (Å²) in [5.74, 6) is -1.65. The van der Waals surface area contributed by atoms with E-state index < -0.39 is 29.9 Å². The molecular weight excluding hydrogens is 384 g/mol. The molecule has 0 aliphatic rings. The first-order valence-electron chi connectivity index (χ1n) is 9.27. The first kappa shape index (κ1) is 22.0. The zero-order chi connectivity index (χ0) is 21.6. The van der Waals surface area contributed by atoms with E-state index in [1.807, 2.05) is 19.2 Å². The van der Waals surface area contributed by atoms with Gasteiger partial charge in [0.25, 0.3) is 5.91 Å². The van der Waals surface area contributed by atoms with Crippen LogP contribution in [-0.4, -0.2) is 48.6 Å². The molecule has 12 heteroatoms. The molecule has 1 N–H and O–H groups in total. The van der Waals surface area contributed by atoms with E-state index in [1.165, 1.54) is 14.0 Å². The number of ether oxygens (including phenoxy) is 2. The zero-order valence-electron chi connectivity index (χ0n) is 16.7. The first-order valence-corrected chi connectivity index (χ1v) is 9.27. The van der Waals surface area contributed by atoms with Crippen molar-refractivity contribution in [1.82, 2.24) is 29.7 Å². The Kier molecular flexibility index (Phi) is 7.39. The van der Waals surface area contributed by atoms with Crippen LogP contribution in [-0.2, 0) is 21.3 Å². The smallest absolute Gasteiger partial charge is 0.417 e. The minimum absolute atomic E-state index is 0.111. The SMILES string of the molecule is CCCC(CCC)C(=O)OC(C)OC(=O)NC(=O)c1ncn2c(=O)n(C)nnc12. The van der Waals surface area contributed by atoms with Gasteiger partial charge in [-0.3, -0.25) is 14.9 Å². The van der Waals surface area contributed by atoms with Crippen molar-refractivity contribution >= 4 is 23.6 Å². The Balaban J connectivity index is 1.96. The summed E-state index contributed by atoms with van der Waals surface area (Å²) in [6.07, 6.45) is 1.80. The molecule has 12 nitrogen and oxygen atoms in total. The van der Waals surface area contributed by atoms with Crippen molar-refractivity contribution < 1.29 is 23.9 Å². The predicted molar refractivity (Wildman–Crippen MR) is 98.8 cm³/mol. The summed E-state index contributed by atoms with van der Waals surface area (Å²) in [5, 5.41) is 9.23. The average Bonchev–Trinajstić information content (AvgIpc) is 3.09. The third-order valence-corrected chi connectivity index (χ3v) is 4.09. The Bertz CT molecular complexity index is 946. The molecule has 158 valence electrons. The number of fused-ring (bicyclic) bond motifs is 1. The van der Waals surface area contributed by atoms with E-state index in [4.69, 9.17) is 9.47 Å². The fourth-order valence-electron chi connectivity index (χ4n) is 2.73. The van der Waals surface area contributed by atoms with Gasteiger partial charge in [-0.25, -0.2) is 19.0 Å². The predicted octanol–water partition coefficient (Wildman–Crippen LogP) is 0.795. The second-order valence-electron chi connectivity index (χ2n) is 6.42.